The van der Waals surface area contributed by atoms with Crippen molar-refractivity contribution in [1.82, 2.24) is 4.90 Å². The van der Waals surface area contributed by atoms with Gasteiger partial charge in [-0.05, 0) is 51.2 Å². The first-order valence-corrected chi connectivity index (χ1v) is 6.24. The molecule has 18 heavy (non-hydrogen) atoms. The molecule has 0 aliphatic carbocycles. The summed E-state index contributed by atoms with van der Waals surface area (Å²) in [7, 11) is 6.09. The Kier molecular flexibility index (Phi) is 5.11. The maximum absolute atomic E-state index is 13.6. The fourth-order valence-corrected chi connectivity index (χ4v) is 1.85. The molecule has 0 fully saturated rings. The minimum absolute atomic E-state index is 0.170. The maximum atomic E-state index is 13.6. The minimum Gasteiger partial charge on any atom is -0.373 e. The fraction of sp³-hybridized carbons (Fsp3) is 0.571. The van der Waals surface area contributed by atoms with E-state index < -0.39 is 0 Å². The number of hydrogen-bond acceptors (Lipinski definition) is 3. The zero-order valence-corrected chi connectivity index (χ0v) is 12.0. The van der Waals surface area contributed by atoms with Gasteiger partial charge in [0.2, 0.25) is 0 Å². The molecule has 1 aromatic rings. The van der Waals surface area contributed by atoms with Gasteiger partial charge in [-0.25, -0.2) is 4.39 Å². The predicted molar refractivity (Wildman–Crippen MR) is 75.6 cm³/mol. The highest BCUT2D eigenvalue weighted by Crippen LogP contribution is 2.27. The zero-order valence-electron chi connectivity index (χ0n) is 12.0. The Morgan fingerprint density at radius 1 is 1.22 bits per heavy atom. The van der Waals surface area contributed by atoms with E-state index >= 15 is 0 Å². The average Bonchev–Trinajstić information content (AvgIpc) is 2.28. The molecule has 0 amide bonds. The molecule has 0 spiro atoms. The molecule has 0 saturated heterocycles. The Balaban J connectivity index is 3.02. The van der Waals surface area contributed by atoms with Crippen molar-refractivity contribution in [2.24, 2.45) is 5.73 Å². The van der Waals surface area contributed by atoms with Crippen LogP contribution in [0.25, 0.3) is 0 Å². The third kappa shape index (κ3) is 3.68. The second-order valence-corrected chi connectivity index (χ2v) is 5.17. The lowest BCUT2D eigenvalue weighted by molar-refractivity contribution is 0.416. The van der Waals surface area contributed by atoms with Gasteiger partial charge < -0.3 is 15.5 Å². The smallest absolute Gasteiger partial charge is 0.126 e. The van der Waals surface area contributed by atoms with E-state index in [0.717, 1.165) is 24.3 Å². The third-order valence-corrected chi connectivity index (χ3v) is 3.09. The molecule has 0 aliphatic heterocycles. The predicted octanol–water partition coefficient (Wildman–Crippen LogP) is 2.15. The highest BCUT2D eigenvalue weighted by atomic mass is 19.1. The number of anilines is 1. The van der Waals surface area contributed by atoms with Gasteiger partial charge >= 0.3 is 0 Å². The van der Waals surface area contributed by atoms with Gasteiger partial charge in [-0.3, -0.25) is 0 Å². The molecule has 0 radical (unpaired) electrons. The normalized spacial score (nSPS) is 12.9. The van der Waals surface area contributed by atoms with Crippen molar-refractivity contribution in [2.45, 2.75) is 19.9 Å². The summed E-state index contributed by atoms with van der Waals surface area (Å²) >= 11 is 0. The highest BCUT2D eigenvalue weighted by molar-refractivity contribution is 5.56. The second kappa shape index (κ2) is 6.16. The number of benzene rings is 1. The quantitative estimate of drug-likeness (QED) is 0.872. The van der Waals surface area contributed by atoms with Crippen LogP contribution in [-0.4, -0.2) is 39.1 Å². The van der Waals surface area contributed by atoms with Crippen molar-refractivity contribution in [3.63, 3.8) is 0 Å². The molecule has 2 N–H and O–H groups in total. The molecule has 0 bridgehead atoms. The second-order valence-electron chi connectivity index (χ2n) is 5.17. The molecular formula is C14H24FN3. The summed E-state index contributed by atoms with van der Waals surface area (Å²) in [5.41, 5.74) is 8.46. The van der Waals surface area contributed by atoms with Crippen molar-refractivity contribution in [3.05, 3.63) is 29.1 Å². The van der Waals surface area contributed by atoms with Crippen LogP contribution >= 0.6 is 0 Å². The van der Waals surface area contributed by atoms with Crippen molar-refractivity contribution >= 4 is 5.69 Å². The largest absolute Gasteiger partial charge is 0.373 e. The molecule has 0 saturated carbocycles. The summed E-state index contributed by atoms with van der Waals surface area (Å²) in [6, 6.07) is 3.27. The van der Waals surface area contributed by atoms with E-state index in [4.69, 9.17) is 5.73 Å². The summed E-state index contributed by atoms with van der Waals surface area (Å²) in [6.07, 6.45) is 0. The summed E-state index contributed by atoms with van der Waals surface area (Å²) in [5, 5.41) is 0. The Bertz CT molecular complexity index is 402. The van der Waals surface area contributed by atoms with Crippen LogP contribution in [0.15, 0.2) is 12.1 Å². The van der Waals surface area contributed by atoms with E-state index in [1.807, 2.05) is 34.1 Å². The molecule has 0 heterocycles. The van der Waals surface area contributed by atoms with E-state index in [-0.39, 0.29) is 11.9 Å². The van der Waals surface area contributed by atoms with E-state index in [9.17, 15) is 4.39 Å². The van der Waals surface area contributed by atoms with E-state index in [0.29, 0.717) is 5.56 Å². The molecule has 0 aliphatic rings. The Morgan fingerprint density at radius 2 is 1.83 bits per heavy atom. The number of rotatable bonds is 5. The fourth-order valence-electron chi connectivity index (χ4n) is 1.85. The summed E-state index contributed by atoms with van der Waals surface area (Å²) in [4.78, 5) is 4.25. The Labute approximate surface area is 109 Å². The van der Waals surface area contributed by atoms with Crippen molar-refractivity contribution in [3.8, 4) is 0 Å². The van der Waals surface area contributed by atoms with Crippen molar-refractivity contribution < 1.29 is 4.39 Å². The summed E-state index contributed by atoms with van der Waals surface area (Å²) < 4.78 is 13.6. The number of halogens is 1. The molecule has 0 unspecified atom stereocenters. The number of aryl methyl sites for hydroxylation is 1. The van der Waals surface area contributed by atoms with Gasteiger partial charge in [0.1, 0.15) is 5.82 Å². The van der Waals surface area contributed by atoms with Gasteiger partial charge in [0.25, 0.3) is 0 Å². The number of nitrogens with two attached hydrogens (primary N) is 1. The van der Waals surface area contributed by atoms with Gasteiger partial charge in [0, 0.05) is 31.9 Å². The molecule has 1 aromatic carbocycles. The van der Waals surface area contributed by atoms with Crippen LogP contribution in [0.5, 0.6) is 0 Å². The molecule has 1 rings (SSSR count). The number of likely N-dealkylation sites (N-methyl/N-ethyl adjacent to an activating group) is 2. The minimum atomic E-state index is -0.188. The Hall–Kier alpha value is -1.13. The van der Waals surface area contributed by atoms with Gasteiger partial charge in [-0.2, -0.15) is 0 Å². The SMILES string of the molecule is Cc1cc(N(C)CCN(C)C)c([C@@H](C)N)cc1F. The Morgan fingerprint density at radius 3 is 2.33 bits per heavy atom. The lowest BCUT2D eigenvalue weighted by Crippen LogP contribution is -2.29. The van der Waals surface area contributed by atoms with Gasteiger partial charge in [-0.15, -0.1) is 0 Å². The van der Waals surface area contributed by atoms with Crippen LogP contribution in [0.3, 0.4) is 0 Å². The van der Waals surface area contributed by atoms with Crippen LogP contribution in [-0.2, 0) is 0 Å². The van der Waals surface area contributed by atoms with Crippen LogP contribution in [0.2, 0.25) is 0 Å². The molecule has 4 heteroatoms. The number of hydrogen-bond donors (Lipinski definition) is 1. The molecule has 1 atom stereocenters. The lowest BCUT2D eigenvalue weighted by Gasteiger charge is -2.26. The van der Waals surface area contributed by atoms with Crippen LogP contribution in [0.1, 0.15) is 24.1 Å². The topological polar surface area (TPSA) is 32.5 Å². The first-order valence-electron chi connectivity index (χ1n) is 6.24. The van der Waals surface area contributed by atoms with Crippen LogP contribution in [0.4, 0.5) is 10.1 Å². The van der Waals surface area contributed by atoms with Gasteiger partial charge in [-0.1, -0.05) is 0 Å². The van der Waals surface area contributed by atoms with E-state index in [1.54, 1.807) is 13.0 Å². The standard InChI is InChI=1S/C14H24FN3/c1-10-8-14(18(5)7-6-17(3)4)12(11(2)16)9-13(10)15/h8-9,11H,6-7,16H2,1-5H3/t11-/m1/s1. The van der Waals surface area contributed by atoms with E-state index in [2.05, 4.69) is 9.80 Å². The van der Waals surface area contributed by atoms with Crippen molar-refractivity contribution in [2.75, 3.05) is 39.1 Å². The van der Waals surface area contributed by atoms with Crippen LogP contribution < -0.4 is 10.6 Å². The first-order chi connectivity index (χ1) is 8.32. The summed E-state index contributed by atoms with van der Waals surface area (Å²) in [6.45, 7) is 5.50. The van der Waals surface area contributed by atoms with Gasteiger partial charge in [0.15, 0.2) is 0 Å². The maximum Gasteiger partial charge on any atom is 0.126 e. The summed E-state index contributed by atoms with van der Waals surface area (Å²) in [5.74, 6) is -0.188. The monoisotopic (exact) mass is 253 g/mol. The molecular weight excluding hydrogens is 229 g/mol. The van der Waals surface area contributed by atoms with Crippen molar-refractivity contribution in [1.29, 1.82) is 0 Å². The van der Waals surface area contributed by atoms with Crippen LogP contribution in [0, 0.1) is 12.7 Å². The third-order valence-electron chi connectivity index (χ3n) is 3.09. The first kappa shape index (κ1) is 14.9. The zero-order chi connectivity index (χ0) is 13.9. The molecule has 3 nitrogen and oxygen atoms in total. The van der Waals surface area contributed by atoms with E-state index in [1.165, 1.54) is 0 Å². The van der Waals surface area contributed by atoms with Gasteiger partial charge in [0.05, 0.1) is 0 Å². The molecule has 102 valence electrons. The lowest BCUT2D eigenvalue weighted by atomic mass is 10.0. The molecule has 0 aromatic heterocycles. The average molecular weight is 253 g/mol. The highest BCUT2D eigenvalue weighted by Gasteiger charge is 2.14. The number of nitrogens with zero attached hydrogens (tertiary/aromatic N) is 2.